The maximum atomic E-state index is 12.5. The number of aryl methyl sites for hydroxylation is 2. The van der Waals surface area contributed by atoms with Crippen LogP contribution in [0.3, 0.4) is 0 Å². The van der Waals surface area contributed by atoms with Crippen molar-refractivity contribution >= 4 is 11.9 Å². The van der Waals surface area contributed by atoms with E-state index < -0.39 is 11.5 Å². The van der Waals surface area contributed by atoms with Crippen LogP contribution in [0.5, 0.6) is 0 Å². The van der Waals surface area contributed by atoms with E-state index in [0.717, 1.165) is 43.2 Å². The van der Waals surface area contributed by atoms with Gasteiger partial charge in [-0.3, -0.25) is 9.59 Å². The molecule has 1 aliphatic carbocycles. The maximum Gasteiger partial charge on any atom is 0.305 e. The summed E-state index contributed by atoms with van der Waals surface area (Å²) in [5, 5.41) is 12.2. The third kappa shape index (κ3) is 3.84. The number of carbonyl (C=O) groups excluding carboxylic acids is 1. The molecule has 21 heavy (non-hydrogen) atoms. The Morgan fingerprint density at radius 3 is 2.43 bits per heavy atom. The molecule has 2 N–H and O–H groups in total. The third-order valence-corrected chi connectivity index (χ3v) is 4.31. The van der Waals surface area contributed by atoms with E-state index >= 15 is 0 Å². The molecular weight excluding hydrogens is 266 g/mol. The van der Waals surface area contributed by atoms with E-state index in [0.29, 0.717) is 5.56 Å². The van der Waals surface area contributed by atoms with Crippen molar-refractivity contribution in [2.75, 3.05) is 0 Å². The second-order valence-corrected chi connectivity index (χ2v) is 6.18. The molecule has 0 atom stereocenters. The Balaban J connectivity index is 2.19. The highest BCUT2D eigenvalue weighted by Gasteiger charge is 2.36. The highest BCUT2D eigenvalue weighted by Crippen LogP contribution is 2.31. The Morgan fingerprint density at radius 1 is 1.19 bits per heavy atom. The number of hydrogen-bond donors (Lipinski definition) is 2. The Hall–Kier alpha value is -1.84. The first kappa shape index (κ1) is 15.5. The molecule has 0 unspecified atom stereocenters. The van der Waals surface area contributed by atoms with Gasteiger partial charge in [0.2, 0.25) is 0 Å². The van der Waals surface area contributed by atoms with Gasteiger partial charge >= 0.3 is 5.97 Å². The van der Waals surface area contributed by atoms with E-state index in [2.05, 4.69) is 5.32 Å². The van der Waals surface area contributed by atoms with Crippen molar-refractivity contribution in [3.8, 4) is 0 Å². The zero-order valence-electron chi connectivity index (χ0n) is 12.7. The predicted octanol–water partition coefficient (Wildman–Crippen LogP) is 3.21. The first-order valence-corrected chi connectivity index (χ1v) is 7.53. The largest absolute Gasteiger partial charge is 0.481 e. The van der Waals surface area contributed by atoms with Gasteiger partial charge in [-0.05, 0) is 38.3 Å². The van der Waals surface area contributed by atoms with Crippen molar-refractivity contribution in [2.24, 2.45) is 0 Å². The second-order valence-electron chi connectivity index (χ2n) is 6.18. The Labute approximate surface area is 125 Å². The molecule has 0 radical (unpaired) electrons. The summed E-state index contributed by atoms with van der Waals surface area (Å²) in [6.45, 7) is 3.90. The molecule has 0 heterocycles. The van der Waals surface area contributed by atoms with Crippen LogP contribution in [0.15, 0.2) is 18.2 Å². The van der Waals surface area contributed by atoms with E-state index in [1.807, 2.05) is 32.0 Å². The molecule has 1 aliphatic rings. The van der Waals surface area contributed by atoms with Gasteiger partial charge in [0, 0.05) is 5.56 Å². The van der Waals surface area contributed by atoms with Crippen LogP contribution >= 0.6 is 0 Å². The topological polar surface area (TPSA) is 66.4 Å². The SMILES string of the molecule is Cc1ccc(C(=O)NC2(CC(=O)O)CCCCC2)c(C)c1. The number of amides is 1. The Morgan fingerprint density at radius 2 is 1.86 bits per heavy atom. The van der Waals surface area contributed by atoms with Gasteiger partial charge in [-0.15, -0.1) is 0 Å². The van der Waals surface area contributed by atoms with E-state index in [9.17, 15) is 9.59 Å². The molecule has 0 aromatic heterocycles. The summed E-state index contributed by atoms with van der Waals surface area (Å²) in [6, 6.07) is 5.70. The van der Waals surface area contributed by atoms with Gasteiger partial charge in [0.1, 0.15) is 0 Å². The normalized spacial score (nSPS) is 17.2. The molecule has 4 nitrogen and oxygen atoms in total. The van der Waals surface area contributed by atoms with Crippen molar-refractivity contribution in [1.82, 2.24) is 5.32 Å². The van der Waals surface area contributed by atoms with Crippen LogP contribution in [0, 0.1) is 13.8 Å². The van der Waals surface area contributed by atoms with Gasteiger partial charge in [-0.25, -0.2) is 0 Å². The van der Waals surface area contributed by atoms with Crippen LogP contribution < -0.4 is 5.32 Å². The Kier molecular flexibility index (Phi) is 4.66. The number of rotatable bonds is 4. The molecule has 1 saturated carbocycles. The molecule has 1 amide bonds. The first-order chi connectivity index (χ1) is 9.92. The summed E-state index contributed by atoms with van der Waals surface area (Å²) in [7, 11) is 0. The van der Waals surface area contributed by atoms with E-state index in [1.54, 1.807) is 0 Å². The monoisotopic (exact) mass is 289 g/mol. The van der Waals surface area contributed by atoms with Gasteiger partial charge in [0.25, 0.3) is 5.91 Å². The smallest absolute Gasteiger partial charge is 0.305 e. The number of hydrogen-bond acceptors (Lipinski definition) is 2. The summed E-state index contributed by atoms with van der Waals surface area (Å²) in [5.74, 6) is -1.01. The molecule has 0 aliphatic heterocycles. The lowest BCUT2D eigenvalue weighted by Gasteiger charge is -2.37. The number of carbonyl (C=O) groups is 2. The van der Waals surface area contributed by atoms with E-state index in [-0.39, 0.29) is 12.3 Å². The summed E-state index contributed by atoms with van der Waals surface area (Å²) in [5.41, 5.74) is 2.09. The summed E-state index contributed by atoms with van der Waals surface area (Å²) in [4.78, 5) is 23.7. The van der Waals surface area contributed by atoms with Crippen molar-refractivity contribution in [3.05, 3.63) is 34.9 Å². The summed E-state index contributed by atoms with van der Waals surface area (Å²) < 4.78 is 0. The minimum absolute atomic E-state index is 0.00362. The fourth-order valence-corrected chi connectivity index (χ4v) is 3.24. The van der Waals surface area contributed by atoms with Gasteiger partial charge in [0.05, 0.1) is 12.0 Å². The fourth-order valence-electron chi connectivity index (χ4n) is 3.24. The lowest BCUT2D eigenvalue weighted by Crippen LogP contribution is -2.51. The molecular formula is C17H23NO3. The number of carboxylic acids is 1. The molecule has 1 aromatic carbocycles. The molecule has 1 fully saturated rings. The summed E-state index contributed by atoms with van der Waals surface area (Å²) >= 11 is 0. The van der Waals surface area contributed by atoms with Crippen LogP contribution in [0.25, 0.3) is 0 Å². The fraction of sp³-hybridized carbons (Fsp3) is 0.529. The minimum Gasteiger partial charge on any atom is -0.481 e. The van der Waals surface area contributed by atoms with Gasteiger partial charge in [-0.2, -0.15) is 0 Å². The second kappa shape index (κ2) is 6.29. The van der Waals surface area contributed by atoms with Crippen molar-refractivity contribution in [3.63, 3.8) is 0 Å². The van der Waals surface area contributed by atoms with E-state index in [4.69, 9.17) is 5.11 Å². The molecule has 4 heteroatoms. The van der Waals surface area contributed by atoms with Crippen molar-refractivity contribution < 1.29 is 14.7 Å². The van der Waals surface area contributed by atoms with Crippen molar-refractivity contribution in [2.45, 2.75) is 57.9 Å². The lowest BCUT2D eigenvalue weighted by atomic mass is 9.79. The number of benzene rings is 1. The van der Waals surface area contributed by atoms with Gasteiger partial charge in [-0.1, -0.05) is 37.0 Å². The third-order valence-electron chi connectivity index (χ3n) is 4.31. The van der Waals surface area contributed by atoms with Crippen LogP contribution in [0.2, 0.25) is 0 Å². The molecule has 1 aromatic rings. The zero-order valence-corrected chi connectivity index (χ0v) is 12.7. The first-order valence-electron chi connectivity index (χ1n) is 7.53. The molecule has 0 spiro atoms. The number of aliphatic carboxylic acids is 1. The standard InChI is InChI=1S/C17H23NO3/c1-12-6-7-14(13(2)10-12)16(21)18-17(11-15(19)20)8-4-3-5-9-17/h6-7,10H,3-5,8-9,11H2,1-2H3,(H,18,21)(H,19,20). The Bertz CT molecular complexity index is 545. The van der Waals surface area contributed by atoms with Crippen LogP contribution in [0.4, 0.5) is 0 Å². The lowest BCUT2D eigenvalue weighted by molar-refractivity contribution is -0.139. The molecule has 0 bridgehead atoms. The molecule has 2 rings (SSSR count). The number of carboxylic acid groups (broad SMARTS) is 1. The number of nitrogens with one attached hydrogen (secondary N) is 1. The van der Waals surface area contributed by atoms with Crippen LogP contribution in [0.1, 0.15) is 60.0 Å². The molecule has 114 valence electrons. The van der Waals surface area contributed by atoms with Gasteiger partial charge < -0.3 is 10.4 Å². The van der Waals surface area contributed by atoms with Crippen LogP contribution in [-0.2, 0) is 4.79 Å². The predicted molar refractivity (Wildman–Crippen MR) is 81.5 cm³/mol. The zero-order chi connectivity index (χ0) is 15.5. The maximum absolute atomic E-state index is 12.5. The highest BCUT2D eigenvalue weighted by molar-refractivity contribution is 5.96. The highest BCUT2D eigenvalue weighted by atomic mass is 16.4. The summed E-state index contributed by atoms with van der Waals surface area (Å²) in [6.07, 6.45) is 4.55. The van der Waals surface area contributed by atoms with Crippen molar-refractivity contribution in [1.29, 1.82) is 0 Å². The van der Waals surface area contributed by atoms with E-state index in [1.165, 1.54) is 0 Å². The minimum atomic E-state index is -0.849. The average Bonchev–Trinajstić information content (AvgIpc) is 2.38. The van der Waals surface area contributed by atoms with Crippen LogP contribution in [-0.4, -0.2) is 22.5 Å². The quantitative estimate of drug-likeness (QED) is 0.894. The molecule has 0 saturated heterocycles. The van der Waals surface area contributed by atoms with Gasteiger partial charge in [0.15, 0.2) is 0 Å². The average molecular weight is 289 g/mol.